The van der Waals surface area contributed by atoms with Gasteiger partial charge in [-0.1, -0.05) is 0 Å². The SMILES string of the molecule is CNC1C(=O)SC(=O)N1I. The first-order valence-electron chi connectivity index (χ1n) is 2.54. The van der Waals surface area contributed by atoms with E-state index in [2.05, 4.69) is 5.32 Å². The van der Waals surface area contributed by atoms with Gasteiger partial charge in [0.15, 0.2) is 6.17 Å². The fourth-order valence-electron chi connectivity index (χ4n) is 0.615. The summed E-state index contributed by atoms with van der Waals surface area (Å²) in [6, 6.07) is 0. The lowest BCUT2D eigenvalue weighted by atomic mass is 10.5. The summed E-state index contributed by atoms with van der Waals surface area (Å²) in [4.78, 5) is 21.6. The van der Waals surface area contributed by atoms with E-state index in [0.29, 0.717) is 0 Å². The standard InChI is InChI=1S/C4H5IN2O2S/c1-6-2-3(8)10-4(9)7(2)5/h2,6H,1H3. The molecule has 0 aromatic carbocycles. The van der Waals surface area contributed by atoms with Crippen LogP contribution in [0.15, 0.2) is 0 Å². The number of thioether (sulfide) groups is 1. The number of nitrogens with zero attached hydrogens (tertiary/aromatic N) is 1. The summed E-state index contributed by atoms with van der Waals surface area (Å²) in [6.07, 6.45) is -0.446. The van der Waals surface area contributed by atoms with Crippen LogP contribution >= 0.6 is 34.6 Å². The van der Waals surface area contributed by atoms with Gasteiger partial charge in [-0.2, -0.15) is 0 Å². The molecule has 1 rings (SSSR count). The largest absolute Gasteiger partial charge is 0.299 e. The van der Waals surface area contributed by atoms with E-state index >= 15 is 0 Å². The molecule has 0 saturated carbocycles. The zero-order chi connectivity index (χ0) is 7.72. The first kappa shape index (κ1) is 8.28. The molecule has 1 fully saturated rings. The molecule has 1 saturated heterocycles. The van der Waals surface area contributed by atoms with Gasteiger partial charge in [0.05, 0.1) is 22.9 Å². The summed E-state index contributed by atoms with van der Waals surface area (Å²) in [5.74, 6) is 0. The normalized spacial score (nSPS) is 26.2. The van der Waals surface area contributed by atoms with Crippen LogP contribution in [-0.2, 0) is 4.79 Å². The van der Waals surface area contributed by atoms with Crippen LogP contribution in [0.4, 0.5) is 4.79 Å². The summed E-state index contributed by atoms with van der Waals surface area (Å²) in [6.45, 7) is 0. The number of rotatable bonds is 1. The van der Waals surface area contributed by atoms with Crippen molar-refractivity contribution in [2.45, 2.75) is 6.17 Å². The molecule has 1 aliphatic rings. The number of carbonyl (C=O) groups is 2. The molecular formula is C4H5IN2O2S. The van der Waals surface area contributed by atoms with Crippen molar-refractivity contribution in [1.29, 1.82) is 0 Å². The third kappa shape index (κ3) is 1.28. The number of hydrogen-bond donors (Lipinski definition) is 1. The highest BCUT2D eigenvalue weighted by Gasteiger charge is 2.37. The molecule has 0 aromatic heterocycles. The number of halogens is 1. The summed E-state index contributed by atoms with van der Waals surface area (Å²) in [5, 5.41) is 2.38. The summed E-state index contributed by atoms with van der Waals surface area (Å²) in [7, 11) is 1.65. The van der Waals surface area contributed by atoms with Crippen LogP contribution < -0.4 is 5.32 Å². The minimum Gasteiger partial charge on any atom is -0.293 e. The molecule has 0 aliphatic carbocycles. The molecule has 4 nitrogen and oxygen atoms in total. The van der Waals surface area contributed by atoms with Crippen LogP contribution in [0.25, 0.3) is 0 Å². The van der Waals surface area contributed by atoms with Crippen molar-refractivity contribution in [3.63, 3.8) is 0 Å². The molecule has 1 unspecified atom stereocenters. The van der Waals surface area contributed by atoms with E-state index in [0.717, 1.165) is 11.8 Å². The highest BCUT2D eigenvalue weighted by Crippen LogP contribution is 2.26. The Kier molecular flexibility index (Phi) is 2.53. The first-order valence-corrected chi connectivity index (χ1v) is 4.33. The minimum atomic E-state index is -0.446. The van der Waals surface area contributed by atoms with Gasteiger partial charge in [-0.25, -0.2) is 0 Å². The van der Waals surface area contributed by atoms with E-state index in [4.69, 9.17) is 0 Å². The zero-order valence-corrected chi connectivity index (χ0v) is 8.10. The second-order valence-electron chi connectivity index (χ2n) is 1.69. The van der Waals surface area contributed by atoms with Crippen molar-refractivity contribution in [3.05, 3.63) is 0 Å². The van der Waals surface area contributed by atoms with Gasteiger partial charge in [-0.3, -0.25) is 18.0 Å². The van der Waals surface area contributed by atoms with Gasteiger partial charge in [-0.15, -0.1) is 0 Å². The highest BCUT2D eigenvalue weighted by molar-refractivity contribution is 14.1. The van der Waals surface area contributed by atoms with Crippen LogP contribution in [0.5, 0.6) is 0 Å². The molecule has 10 heavy (non-hydrogen) atoms. The summed E-state index contributed by atoms with van der Waals surface area (Å²) >= 11 is 2.55. The van der Waals surface area contributed by atoms with E-state index in [1.165, 1.54) is 3.11 Å². The lowest BCUT2D eigenvalue weighted by Gasteiger charge is -2.12. The highest BCUT2D eigenvalue weighted by atomic mass is 127. The van der Waals surface area contributed by atoms with Crippen LogP contribution in [-0.4, -0.2) is 26.7 Å². The molecule has 0 bridgehead atoms. The number of nitrogens with one attached hydrogen (secondary N) is 1. The average Bonchev–Trinajstić information content (AvgIpc) is 2.09. The maximum Gasteiger partial charge on any atom is 0.299 e. The maximum absolute atomic E-state index is 10.9. The Morgan fingerprint density at radius 2 is 2.30 bits per heavy atom. The Morgan fingerprint density at radius 1 is 1.70 bits per heavy atom. The quantitative estimate of drug-likeness (QED) is 0.560. The molecule has 56 valence electrons. The lowest BCUT2D eigenvalue weighted by Crippen LogP contribution is -2.38. The van der Waals surface area contributed by atoms with Crippen LogP contribution in [0.3, 0.4) is 0 Å². The topological polar surface area (TPSA) is 49.4 Å². The molecule has 0 radical (unpaired) electrons. The fourth-order valence-corrected chi connectivity index (χ4v) is 2.33. The second kappa shape index (κ2) is 3.05. The molecule has 1 amide bonds. The van der Waals surface area contributed by atoms with Gasteiger partial charge < -0.3 is 0 Å². The van der Waals surface area contributed by atoms with Crippen LogP contribution in [0.1, 0.15) is 0 Å². The molecule has 1 aliphatic heterocycles. The number of likely N-dealkylation sites (N-methyl/N-ethyl adjacent to an activating group) is 1. The average molecular weight is 272 g/mol. The van der Waals surface area contributed by atoms with Crippen molar-refractivity contribution < 1.29 is 9.59 Å². The smallest absolute Gasteiger partial charge is 0.293 e. The fraction of sp³-hybridized carbons (Fsp3) is 0.500. The summed E-state index contributed by atoms with van der Waals surface area (Å²) in [5.41, 5.74) is 0. The molecule has 1 heterocycles. The third-order valence-corrected chi connectivity index (χ3v) is 3.20. The molecule has 6 heteroatoms. The predicted octanol–water partition coefficient (Wildman–Crippen LogP) is 0.577. The second-order valence-corrected chi connectivity index (χ2v) is 3.68. The molecule has 1 atom stereocenters. The Bertz CT molecular complexity index is 186. The monoisotopic (exact) mass is 272 g/mol. The lowest BCUT2D eigenvalue weighted by molar-refractivity contribution is -0.113. The van der Waals surface area contributed by atoms with E-state index in [1.807, 2.05) is 22.9 Å². The van der Waals surface area contributed by atoms with Crippen molar-refractivity contribution in [2.24, 2.45) is 0 Å². The summed E-state index contributed by atoms with van der Waals surface area (Å²) < 4.78 is 1.35. The Morgan fingerprint density at radius 3 is 2.50 bits per heavy atom. The van der Waals surface area contributed by atoms with Crippen LogP contribution in [0.2, 0.25) is 0 Å². The van der Waals surface area contributed by atoms with Crippen molar-refractivity contribution in [2.75, 3.05) is 7.05 Å². The number of amides is 1. The number of carbonyl (C=O) groups excluding carboxylic acids is 2. The van der Waals surface area contributed by atoms with Gasteiger partial charge >= 0.3 is 0 Å². The molecule has 1 N–H and O–H groups in total. The number of hydrogen-bond acceptors (Lipinski definition) is 4. The Hall–Kier alpha value is 0.180. The zero-order valence-electron chi connectivity index (χ0n) is 5.13. The Labute approximate surface area is 76.2 Å². The van der Waals surface area contributed by atoms with E-state index in [1.54, 1.807) is 7.05 Å². The van der Waals surface area contributed by atoms with E-state index < -0.39 is 6.17 Å². The molecular weight excluding hydrogens is 267 g/mol. The van der Waals surface area contributed by atoms with Gasteiger partial charge in [0.25, 0.3) is 5.24 Å². The van der Waals surface area contributed by atoms with Gasteiger partial charge in [0, 0.05) is 11.8 Å². The maximum atomic E-state index is 10.9. The van der Waals surface area contributed by atoms with Gasteiger partial charge in [-0.05, 0) is 7.05 Å². The van der Waals surface area contributed by atoms with Crippen molar-refractivity contribution >= 4 is 45.0 Å². The predicted molar refractivity (Wildman–Crippen MR) is 46.7 cm³/mol. The third-order valence-electron chi connectivity index (χ3n) is 1.09. The minimum absolute atomic E-state index is 0.137. The van der Waals surface area contributed by atoms with E-state index in [-0.39, 0.29) is 10.4 Å². The van der Waals surface area contributed by atoms with Gasteiger partial charge in [0.1, 0.15) is 0 Å². The molecule has 0 spiro atoms. The van der Waals surface area contributed by atoms with Crippen molar-refractivity contribution in [1.82, 2.24) is 8.43 Å². The molecule has 0 aromatic rings. The van der Waals surface area contributed by atoms with Gasteiger partial charge in [0.2, 0.25) is 5.12 Å². The Balaban J connectivity index is 2.73. The first-order chi connectivity index (χ1) is 4.66. The van der Waals surface area contributed by atoms with Crippen molar-refractivity contribution in [3.8, 4) is 0 Å². The van der Waals surface area contributed by atoms with Crippen LogP contribution in [0, 0.1) is 0 Å². The van der Waals surface area contributed by atoms with E-state index in [9.17, 15) is 9.59 Å².